The summed E-state index contributed by atoms with van der Waals surface area (Å²) in [5.41, 5.74) is -1.03. The van der Waals surface area contributed by atoms with Crippen molar-refractivity contribution in [1.29, 1.82) is 0 Å². The van der Waals surface area contributed by atoms with Crippen LogP contribution in [0.2, 0.25) is 0 Å². The molecule has 2 aliphatic rings. The van der Waals surface area contributed by atoms with Gasteiger partial charge in [-0.1, -0.05) is 15.9 Å². The van der Waals surface area contributed by atoms with Crippen LogP contribution in [0.15, 0.2) is 16.6 Å². The van der Waals surface area contributed by atoms with Gasteiger partial charge in [-0.15, -0.1) is 0 Å². The van der Waals surface area contributed by atoms with Crippen LogP contribution >= 0.6 is 15.9 Å². The number of hydrogen-bond donors (Lipinski definition) is 1. The maximum absolute atomic E-state index is 14.4. The van der Waals surface area contributed by atoms with Crippen molar-refractivity contribution in [3.05, 3.63) is 33.8 Å². The molecule has 1 spiro atoms. The molecule has 1 N–H and O–H groups in total. The van der Waals surface area contributed by atoms with Crippen molar-refractivity contribution >= 4 is 22.0 Å². The lowest BCUT2D eigenvalue weighted by Gasteiger charge is -2.61. The number of amides is 1. The first-order chi connectivity index (χ1) is 10.6. The molecule has 2 fully saturated rings. The van der Waals surface area contributed by atoms with Gasteiger partial charge in [0.2, 0.25) is 0 Å². The second-order valence-corrected chi connectivity index (χ2v) is 8.18. The highest BCUT2D eigenvalue weighted by Gasteiger charge is 2.60. The van der Waals surface area contributed by atoms with Crippen LogP contribution in [0.25, 0.3) is 0 Å². The molecule has 0 aromatic heterocycles. The molecule has 1 atom stereocenters. The molecule has 126 valence electrons. The highest BCUT2D eigenvalue weighted by atomic mass is 79.9. The first-order valence-corrected chi connectivity index (χ1v) is 8.27. The second-order valence-electron chi connectivity index (χ2n) is 7.26. The van der Waals surface area contributed by atoms with Gasteiger partial charge in [-0.05, 0) is 32.9 Å². The van der Waals surface area contributed by atoms with Crippen LogP contribution in [0.3, 0.4) is 0 Å². The summed E-state index contributed by atoms with van der Waals surface area (Å²) in [6.45, 7) is 7.00. The zero-order valence-corrected chi connectivity index (χ0v) is 14.8. The largest absolute Gasteiger partial charge is 0.444 e. The van der Waals surface area contributed by atoms with Crippen molar-refractivity contribution in [2.75, 3.05) is 19.6 Å². The summed E-state index contributed by atoms with van der Waals surface area (Å²) in [6, 6.07) is 1.81. The van der Waals surface area contributed by atoms with E-state index >= 15 is 0 Å². The fraction of sp³-hybridized carbons (Fsp3) is 0.562. The topological polar surface area (TPSA) is 41.6 Å². The normalized spacial score (nSPS) is 22.5. The monoisotopic (exact) mass is 388 g/mol. The number of nitrogens with one attached hydrogen (secondary N) is 1. The van der Waals surface area contributed by atoms with Crippen molar-refractivity contribution in [2.45, 2.75) is 32.4 Å². The van der Waals surface area contributed by atoms with E-state index in [0.29, 0.717) is 24.1 Å². The minimum Gasteiger partial charge on any atom is -0.444 e. The van der Waals surface area contributed by atoms with E-state index in [2.05, 4.69) is 21.2 Å². The summed E-state index contributed by atoms with van der Waals surface area (Å²) in [6.07, 6.45) is -0.540. The van der Waals surface area contributed by atoms with Gasteiger partial charge < -0.3 is 10.1 Å². The average molecular weight is 389 g/mol. The van der Waals surface area contributed by atoms with Crippen LogP contribution < -0.4 is 5.32 Å². The quantitative estimate of drug-likeness (QED) is 0.798. The lowest BCUT2D eigenvalue weighted by atomic mass is 9.64. The van der Waals surface area contributed by atoms with E-state index in [4.69, 9.17) is 4.74 Å². The molecule has 0 radical (unpaired) electrons. The molecule has 1 aromatic rings. The number of nitrogens with zero attached hydrogens (tertiary/aromatic N) is 1. The highest BCUT2D eigenvalue weighted by Crippen LogP contribution is 2.53. The highest BCUT2D eigenvalue weighted by molar-refractivity contribution is 9.10. The van der Waals surface area contributed by atoms with Crippen molar-refractivity contribution in [1.82, 2.24) is 10.2 Å². The van der Waals surface area contributed by atoms with Gasteiger partial charge in [0.25, 0.3) is 0 Å². The third kappa shape index (κ3) is 2.85. The summed E-state index contributed by atoms with van der Waals surface area (Å²) in [4.78, 5) is 13.8. The molecule has 2 aliphatic heterocycles. The Labute approximate surface area is 142 Å². The fourth-order valence-corrected chi connectivity index (χ4v) is 3.66. The summed E-state index contributed by atoms with van der Waals surface area (Å²) < 4.78 is 34.5. The van der Waals surface area contributed by atoms with Crippen molar-refractivity contribution in [2.24, 2.45) is 5.41 Å². The molecule has 4 nitrogen and oxygen atoms in total. The third-order valence-electron chi connectivity index (χ3n) is 4.28. The predicted molar refractivity (Wildman–Crippen MR) is 85.0 cm³/mol. The number of hydrogen-bond acceptors (Lipinski definition) is 3. The number of carbonyl (C=O) groups is 1. The molecular weight excluding hydrogens is 370 g/mol. The van der Waals surface area contributed by atoms with E-state index in [1.807, 2.05) is 0 Å². The Balaban J connectivity index is 1.94. The van der Waals surface area contributed by atoms with Crippen LogP contribution in [-0.4, -0.2) is 36.2 Å². The zero-order valence-electron chi connectivity index (χ0n) is 13.3. The SMILES string of the molecule is CC(C)(C)OC(=O)N1CC2(CNC2)C1c1c(F)cc(Br)cc1F. The first kappa shape index (κ1) is 16.6. The van der Waals surface area contributed by atoms with Gasteiger partial charge in [0.15, 0.2) is 0 Å². The molecule has 0 saturated carbocycles. The number of likely N-dealkylation sites (tertiary alicyclic amines) is 1. The zero-order chi connectivity index (χ0) is 17.0. The van der Waals surface area contributed by atoms with Crippen molar-refractivity contribution in [3.8, 4) is 0 Å². The number of ether oxygens (including phenoxy) is 1. The summed E-state index contributed by atoms with van der Waals surface area (Å²) in [5.74, 6) is -1.30. The Morgan fingerprint density at radius 2 is 1.91 bits per heavy atom. The number of halogens is 3. The van der Waals surface area contributed by atoms with E-state index < -0.39 is 29.4 Å². The molecule has 2 heterocycles. The molecular formula is C16H19BrF2N2O2. The van der Waals surface area contributed by atoms with Crippen LogP contribution in [0.5, 0.6) is 0 Å². The fourth-order valence-electron chi connectivity index (χ4n) is 3.25. The molecule has 1 amide bonds. The van der Waals surface area contributed by atoms with Gasteiger partial charge in [-0.25, -0.2) is 13.6 Å². The standard InChI is InChI=1S/C16H19BrF2N2O2/c1-15(2,3)23-14(22)21-8-16(6-20-7-16)13(21)12-10(18)4-9(17)5-11(12)19/h4-5,13,20H,6-8H2,1-3H3. The maximum Gasteiger partial charge on any atom is 0.410 e. The number of benzene rings is 1. The Morgan fingerprint density at radius 3 is 2.35 bits per heavy atom. The van der Waals surface area contributed by atoms with E-state index in [1.54, 1.807) is 20.8 Å². The Kier molecular flexibility index (Phi) is 3.92. The molecule has 0 bridgehead atoms. The summed E-state index contributed by atoms with van der Waals surface area (Å²) in [7, 11) is 0. The first-order valence-electron chi connectivity index (χ1n) is 7.48. The van der Waals surface area contributed by atoms with Crippen molar-refractivity contribution in [3.63, 3.8) is 0 Å². The minimum atomic E-state index is -0.654. The van der Waals surface area contributed by atoms with Gasteiger partial charge >= 0.3 is 6.09 Å². The van der Waals surface area contributed by atoms with E-state index in [0.717, 1.165) is 0 Å². The smallest absolute Gasteiger partial charge is 0.410 e. The van der Waals surface area contributed by atoms with E-state index in [-0.39, 0.29) is 11.0 Å². The number of rotatable bonds is 1. The number of carbonyl (C=O) groups excluding carboxylic acids is 1. The van der Waals surface area contributed by atoms with Gasteiger partial charge in [-0.2, -0.15) is 0 Å². The maximum atomic E-state index is 14.4. The lowest BCUT2D eigenvalue weighted by Crippen LogP contribution is -2.73. The molecule has 3 rings (SSSR count). The van der Waals surface area contributed by atoms with Crippen LogP contribution in [0.4, 0.5) is 13.6 Å². The van der Waals surface area contributed by atoms with Gasteiger partial charge in [0, 0.05) is 35.1 Å². The Morgan fingerprint density at radius 1 is 1.35 bits per heavy atom. The van der Waals surface area contributed by atoms with Crippen LogP contribution in [0, 0.1) is 17.0 Å². The average Bonchev–Trinajstić information content (AvgIpc) is 2.27. The molecule has 7 heteroatoms. The molecule has 1 unspecified atom stereocenters. The predicted octanol–water partition coefficient (Wildman–Crippen LogP) is 3.61. The molecule has 2 saturated heterocycles. The molecule has 0 aliphatic carbocycles. The minimum absolute atomic E-state index is 0.0631. The second kappa shape index (κ2) is 5.41. The lowest BCUT2D eigenvalue weighted by molar-refractivity contribution is -0.110. The summed E-state index contributed by atoms with van der Waals surface area (Å²) >= 11 is 3.08. The Bertz CT molecular complexity index is 633. The van der Waals surface area contributed by atoms with Gasteiger partial charge in [-0.3, -0.25) is 4.90 Å². The van der Waals surface area contributed by atoms with Crippen molar-refractivity contribution < 1.29 is 18.3 Å². The third-order valence-corrected chi connectivity index (χ3v) is 4.73. The van der Waals surface area contributed by atoms with E-state index in [1.165, 1.54) is 17.0 Å². The van der Waals surface area contributed by atoms with Crippen LogP contribution in [0.1, 0.15) is 32.4 Å². The van der Waals surface area contributed by atoms with Gasteiger partial charge in [0.05, 0.1) is 6.04 Å². The Hall–Kier alpha value is -1.21. The summed E-state index contributed by atoms with van der Waals surface area (Å²) in [5, 5.41) is 3.13. The van der Waals surface area contributed by atoms with E-state index in [9.17, 15) is 13.6 Å². The van der Waals surface area contributed by atoms with Gasteiger partial charge in [0.1, 0.15) is 17.2 Å². The molecule has 23 heavy (non-hydrogen) atoms. The molecule has 1 aromatic carbocycles. The van der Waals surface area contributed by atoms with Crippen LogP contribution in [-0.2, 0) is 4.74 Å².